The molecule has 4 heteroatoms. The second kappa shape index (κ2) is 7.11. The van der Waals surface area contributed by atoms with Crippen molar-refractivity contribution < 1.29 is 9.84 Å². The first kappa shape index (κ1) is 16.0. The van der Waals surface area contributed by atoms with Gasteiger partial charge in [0.25, 0.3) is 0 Å². The van der Waals surface area contributed by atoms with Crippen molar-refractivity contribution in [2.45, 2.75) is 31.4 Å². The first-order valence-corrected chi connectivity index (χ1v) is 8.19. The van der Waals surface area contributed by atoms with Crippen molar-refractivity contribution >= 4 is 0 Å². The summed E-state index contributed by atoms with van der Waals surface area (Å²) >= 11 is 0. The van der Waals surface area contributed by atoms with Crippen molar-refractivity contribution in [3.8, 4) is 5.75 Å². The number of benzene rings is 1. The molecule has 1 atom stereocenters. The van der Waals surface area contributed by atoms with Gasteiger partial charge in [0.2, 0.25) is 0 Å². The van der Waals surface area contributed by atoms with Gasteiger partial charge in [0, 0.05) is 13.1 Å². The third kappa shape index (κ3) is 3.89. The van der Waals surface area contributed by atoms with Gasteiger partial charge in [0.05, 0.1) is 24.6 Å². The molecule has 0 amide bonds. The Morgan fingerprint density at radius 2 is 1.96 bits per heavy atom. The number of rotatable bonds is 4. The fraction of sp³-hybridized carbons (Fsp3) is 0.421. The monoisotopic (exact) mass is 312 g/mol. The van der Waals surface area contributed by atoms with Crippen molar-refractivity contribution in [2.75, 3.05) is 20.2 Å². The molecule has 4 nitrogen and oxygen atoms in total. The summed E-state index contributed by atoms with van der Waals surface area (Å²) in [5.74, 6) is 0.781. The normalized spacial score (nSPS) is 22.5. The molecule has 1 aromatic heterocycles. The molecule has 0 bridgehead atoms. The van der Waals surface area contributed by atoms with Gasteiger partial charge in [-0.25, -0.2) is 0 Å². The Morgan fingerprint density at radius 3 is 2.65 bits per heavy atom. The van der Waals surface area contributed by atoms with Gasteiger partial charge in [0.15, 0.2) is 0 Å². The fourth-order valence-corrected chi connectivity index (χ4v) is 3.22. The molecule has 0 saturated carbocycles. The number of methoxy groups -OCH3 is 1. The highest BCUT2D eigenvalue weighted by Crippen LogP contribution is 2.32. The Morgan fingerprint density at radius 1 is 1.13 bits per heavy atom. The van der Waals surface area contributed by atoms with E-state index in [1.165, 1.54) is 0 Å². The summed E-state index contributed by atoms with van der Waals surface area (Å²) < 4.78 is 5.15. The zero-order valence-corrected chi connectivity index (χ0v) is 13.6. The van der Waals surface area contributed by atoms with Crippen LogP contribution in [-0.2, 0) is 12.1 Å². The predicted molar refractivity (Wildman–Crippen MR) is 90.3 cm³/mol. The van der Waals surface area contributed by atoms with Crippen LogP contribution in [0.4, 0.5) is 0 Å². The quantitative estimate of drug-likeness (QED) is 0.943. The molecule has 122 valence electrons. The average Bonchev–Trinajstić information content (AvgIpc) is 2.79. The summed E-state index contributed by atoms with van der Waals surface area (Å²) in [6, 6.07) is 14.0. The Kier molecular flexibility index (Phi) is 4.94. The molecule has 1 fully saturated rings. The number of aliphatic hydroxyl groups is 1. The maximum atomic E-state index is 11.0. The van der Waals surface area contributed by atoms with Gasteiger partial charge < -0.3 is 9.84 Å². The zero-order chi connectivity index (χ0) is 16.1. The summed E-state index contributed by atoms with van der Waals surface area (Å²) in [4.78, 5) is 6.81. The molecule has 0 spiro atoms. The van der Waals surface area contributed by atoms with Gasteiger partial charge in [-0.15, -0.1) is 0 Å². The van der Waals surface area contributed by atoms with E-state index >= 15 is 0 Å². The van der Waals surface area contributed by atoms with Crippen LogP contribution in [0.1, 0.15) is 30.5 Å². The molecule has 1 aliphatic rings. The predicted octanol–water partition coefficient (Wildman–Crippen LogP) is 2.96. The average molecular weight is 312 g/mol. The molecule has 1 N–H and O–H groups in total. The van der Waals surface area contributed by atoms with Crippen LogP contribution in [0.15, 0.2) is 48.7 Å². The van der Waals surface area contributed by atoms with Crippen molar-refractivity contribution in [3.05, 3.63) is 59.9 Å². The van der Waals surface area contributed by atoms with E-state index in [1.807, 2.05) is 42.5 Å². The molecule has 0 aliphatic carbocycles. The van der Waals surface area contributed by atoms with E-state index in [-0.39, 0.29) is 0 Å². The van der Waals surface area contributed by atoms with Gasteiger partial charge in [0.1, 0.15) is 5.75 Å². The highest BCUT2D eigenvalue weighted by molar-refractivity contribution is 5.23. The lowest BCUT2D eigenvalue weighted by atomic mass is 9.87. The molecule has 1 unspecified atom stereocenters. The summed E-state index contributed by atoms with van der Waals surface area (Å²) in [5.41, 5.74) is 1.36. The number of ether oxygens (including phenoxy) is 1. The molecule has 1 aromatic carbocycles. The summed E-state index contributed by atoms with van der Waals surface area (Å²) in [6.45, 7) is 2.68. The van der Waals surface area contributed by atoms with Crippen LogP contribution in [0.5, 0.6) is 5.75 Å². The minimum Gasteiger partial charge on any atom is -0.495 e. The number of pyridine rings is 1. The smallest absolute Gasteiger partial charge is 0.137 e. The lowest BCUT2D eigenvalue weighted by Crippen LogP contribution is -2.29. The van der Waals surface area contributed by atoms with Crippen LogP contribution < -0.4 is 4.74 Å². The van der Waals surface area contributed by atoms with Gasteiger partial charge in [-0.3, -0.25) is 9.88 Å². The molecule has 0 radical (unpaired) electrons. The SMILES string of the molecule is COc1ccc(CN2CCCC(O)(c3ccccc3)CC2)nc1. The van der Waals surface area contributed by atoms with Crippen molar-refractivity contribution in [2.24, 2.45) is 0 Å². The third-order valence-electron chi connectivity index (χ3n) is 4.64. The van der Waals surface area contributed by atoms with Crippen molar-refractivity contribution in [3.63, 3.8) is 0 Å². The minimum atomic E-state index is -0.705. The second-order valence-electron chi connectivity index (χ2n) is 6.22. The Bertz CT molecular complexity index is 615. The van der Waals surface area contributed by atoms with Gasteiger partial charge in [-0.1, -0.05) is 30.3 Å². The van der Waals surface area contributed by atoms with Gasteiger partial charge in [-0.05, 0) is 43.5 Å². The zero-order valence-electron chi connectivity index (χ0n) is 13.6. The van der Waals surface area contributed by atoms with Crippen LogP contribution in [0.25, 0.3) is 0 Å². The number of hydrogen-bond acceptors (Lipinski definition) is 4. The summed E-state index contributed by atoms with van der Waals surface area (Å²) in [6.07, 6.45) is 4.31. The molecule has 2 heterocycles. The third-order valence-corrected chi connectivity index (χ3v) is 4.64. The van der Waals surface area contributed by atoms with E-state index in [1.54, 1.807) is 13.3 Å². The van der Waals surface area contributed by atoms with Crippen LogP contribution in [0.3, 0.4) is 0 Å². The van der Waals surface area contributed by atoms with Crippen LogP contribution in [0, 0.1) is 0 Å². The van der Waals surface area contributed by atoms with E-state index in [2.05, 4.69) is 9.88 Å². The highest BCUT2D eigenvalue weighted by atomic mass is 16.5. The maximum Gasteiger partial charge on any atom is 0.137 e. The van der Waals surface area contributed by atoms with Crippen molar-refractivity contribution in [1.29, 1.82) is 0 Å². The number of aromatic nitrogens is 1. The standard InChI is InChI=1S/C19H24N2O2/c1-23-18-9-8-17(20-14-18)15-21-12-5-10-19(22,11-13-21)16-6-3-2-4-7-16/h2-4,6-9,14,22H,5,10-13,15H2,1H3. The summed E-state index contributed by atoms with van der Waals surface area (Å²) in [7, 11) is 1.65. The first-order valence-electron chi connectivity index (χ1n) is 8.19. The molecule has 1 aliphatic heterocycles. The number of likely N-dealkylation sites (tertiary alicyclic amines) is 1. The first-order chi connectivity index (χ1) is 11.2. The van der Waals surface area contributed by atoms with E-state index in [0.29, 0.717) is 0 Å². The van der Waals surface area contributed by atoms with E-state index < -0.39 is 5.60 Å². The number of hydrogen-bond donors (Lipinski definition) is 1. The van der Waals surface area contributed by atoms with Crippen LogP contribution in [0.2, 0.25) is 0 Å². The fourth-order valence-electron chi connectivity index (χ4n) is 3.22. The maximum absolute atomic E-state index is 11.0. The largest absolute Gasteiger partial charge is 0.495 e. The Balaban J connectivity index is 1.64. The highest BCUT2D eigenvalue weighted by Gasteiger charge is 2.31. The second-order valence-corrected chi connectivity index (χ2v) is 6.22. The van der Waals surface area contributed by atoms with Crippen molar-refractivity contribution in [1.82, 2.24) is 9.88 Å². The van der Waals surface area contributed by atoms with Gasteiger partial charge in [-0.2, -0.15) is 0 Å². The van der Waals surface area contributed by atoms with E-state index in [4.69, 9.17) is 4.74 Å². The Labute approximate surface area is 137 Å². The van der Waals surface area contributed by atoms with Crippen LogP contribution >= 0.6 is 0 Å². The van der Waals surface area contributed by atoms with Gasteiger partial charge >= 0.3 is 0 Å². The molecular weight excluding hydrogens is 288 g/mol. The lowest BCUT2D eigenvalue weighted by molar-refractivity contribution is 0.0210. The molecular formula is C19H24N2O2. The Hall–Kier alpha value is -1.91. The number of nitrogens with zero attached hydrogens (tertiary/aromatic N) is 2. The van der Waals surface area contributed by atoms with E-state index in [0.717, 1.165) is 55.9 Å². The minimum absolute atomic E-state index is 0.705. The van der Waals surface area contributed by atoms with Crippen LogP contribution in [-0.4, -0.2) is 35.2 Å². The topological polar surface area (TPSA) is 45.6 Å². The molecule has 3 rings (SSSR count). The molecule has 23 heavy (non-hydrogen) atoms. The summed E-state index contributed by atoms with van der Waals surface area (Å²) in [5, 5.41) is 11.0. The molecule has 2 aromatic rings. The lowest BCUT2D eigenvalue weighted by Gasteiger charge is -2.27. The van der Waals surface area contributed by atoms with E-state index in [9.17, 15) is 5.11 Å². The molecule has 1 saturated heterocycles.